The number of allylic oxidation sites excluding steroid dienone is 3. The fraction of sp³-hybridized carbons (Fsp3) is 0.515. The Labute approximate surface area is 240 Å². The Morgan fingerprint density at radius 3 is 2.71 bits per heavy atom. The number of epoxide rings is 1. The van der Waals surface area contributed by atoms with E-state index in [9.17, 15) is 19.2 Å². The highest BCUT2D eigenvalue weighted by Crippen LogP contribution is 2.66. The van der Waals surface area contributed by atoms with Gasteiger partial charge in [-0.2, -0.15) is 0 Å². The summed E-state index contributed by atoms with van der Waals surface area (Å²) in [6.07, 6.45) is 9.51. The number of nitrogens with one attached hydrogen (secondary N) is 2. The standard InChI is InChI=1S/C33H40N2O6/c1-19(15-20(2)18-36)9-8-11-24-30-32(4,41-30)21(3)29-26(16-22-17-34-25-12-7-6-10-23(22)25)35-31(39)33(24,29)27(37)13-14-28(38)40-5/h6-8,10-12,15,17-19,21,24,26,29-30,34H,9,13-14,16H2,1-5H3,(H,35,39)/b11-8+,20-15+/t19?,21-,24-,26-,29-,30-,32+,33-/m0/s1. The van der Waals surface area contributed by atoms with Gasteiger partial charge in [-0.05, 0) is 55.7 Å². The molecule has 0 radical (unpaired) electrons. The molecular formula is C33H40N2O6. The van der Waals surface area contributed by atoms with Crippen LogP contribution in [-0.4, -0.2) is 53.8 Å². The topological polar surface area (TPSA) is 118 Å². The molecule has 8 nitrogen and oxygen atoms in total. The molecule has 1 aliphatic carbocycles. The predicted octanol–water partition coefficient (Wildman–Crippen LogP) is 4.48. The minimum atomic E-state index is -1.36. The molecule has 1 amide bonds. The number of aldehydes is 1. The minimum absolute atomic E-state index is 0.0748. The van der Waals surface area contributed by atoms with Crippen molar-refractivity contribution in [1.82, 2.24) is 10.3 Å². The number of hydrogen-bond donors (Lipinski definition) is 2. The van der Waals surface area contributed by atoms with E-state index in [0.717, 1.165) is 22.8 Å². The number of Topliss-reactive ketones (excluding diaryl/α,β-unsaturated/α-hetero) is 1. The average molecular weight is 561 g/mol. The van der Waals surface area contributed by atoms with Gasteiger partial charge in [0.15, 0.2) is 0 Å². The molecule has 2 aliphatic heterocycles. The Morgan fingerprint density at radius 2 is 1.98 bits per heavy atom. The fourth-order valence-electron chi connectivity index (χ4n) is 7.58. The van der Waals surface area contributed by atoms with Crippen LogP contribution in [0, 0.1) is 29.1 Å². The number of amides is 1. The quantitative estimate of drug-likeness (QED) is 0.104. The maximum Gasteiger partial charge on any atom is 0.305 e. The number of carbonyl (C=O) groups is 4. The SMILES string of the molecule is COC(=O)CCC(=O)[C@]12C(=O)N[C@@H](Cc3c[nH]c4ccccc34)[C@@H]1[C@H](C)[C@@]1(C)O[C@H]1[C@@H]2/C=C/CC(C)/C=C(\C)C=O. The van der Waals surface area contributed by atoms with Crippen molar-refractivity contribution < 1.29 is 28.7 Å². The fourth-order valence-corrected chi connectivity index (χ4v) is 7.58. The van der Waals surface area contributed by atoms with E-state index in [1.54, 1.807) is 6.92 Å². The maximum atomic E-state index is 14.3. The summed E-state index contributed by atoms with van der Waals surface area (Å²) in [6, 6.07) is 7.77. The van der Waals surface area contributed by atoms with Crippen LogP contribution in [-0.2, 0) is 35.1 Å². The Morgan fingerprint density at radius 1 is 1.22 bits per heavy atom. The van der Waals surface area contributed by atoms with Crippen molar-refractivity contribution in [2.45, 2.75) is 71.1 Å². The highest BCUT2D eigenvalue weighted by molar-refractivity contribution is 6.10. The summed E-state index contributed by atoms with van der Waals surface area (Å²) in [5.41, 5.74) is 0.948. The van der Waals surface area contributed by atoms with Crippen LogP contribution in [0.3, 0.4) is 0 Å². The average Bonchev–Trinajstić information content (AvgIpc) is 3.36. The lowest BCUT2D eigenvalue weighted by atomic mass is 9.51. The van der Waals surface area contributed by atoms with Crippen LogP contribution in [0.2, 0.25) is 0 Å². The number of H-pyrrole nitrogens is 1. The maximum absolute atomic E-state index is 14.3. The first-order valence-corrected chi connectivity index (χ1v) is 14.5. The molecule has 8 heteroatoms. The molecule has 2 N–H and O–H groups in total. The van der Waals surface area contributed by atoms with Crippen LogP contribution in [0.5, 0.6) is 0 Å². The Bertz CT molecular complexity index is 1420. The van der Waals surface area contributed by atoms with Crippen molar-refractivity contribution in [1.29, 1.82) is 0 Å². The second-order valence-corrected chi connectivity index (χ2v) is 12.2. The highest BCUT2D eigenvalue weighted by atomic mass is 16.6. The van der Waals surface area contributed by atoms with Gasteiger partial charge >= 0.3 is 5.97 Å². The van der Waals surface area contributed by atoms with Crippen LogP contribution < -0.4 is 5.32 Å². The van der Waals surface area contributed by atoms with Crippen LogP contribution in [0.15, 0.2) is 54.3 Å². The smallest absolute Gasteiger partial charge is 0.305 e. The van der Waals surface area contributed by atoms with Gasteiger partial charge in [0.05, 0.1) is 25.2 Å². The Hall–Kier alpha value is -3.52. The zero-order valence-corrected chi connectivity index (χ0v) is 24.4. The Balaban J connectivity index is 1.54. The molecule has 2 aromatic rings. The van der Waals surface area contributed by atoms with Gasteiger partial charge in [-0.25, -0.2) is 0 Å². The lowest BCUT2D eigenvalue weighted by Gasteiger charge is -2.46. The number of esters is 1. The minimum Gasteiger partial charge on any atom is -0.469 e. The first-order valence-electron chi connectivity index (χ1n) is 14.5. The number of ketones is 1. The summed E-state index contributed by atoms with van der Waals surface area (Å²) in [5, 5.41) is 4.34. The molecule has 5 rings (SSSR count). The number of aromatic amines is 1. The van der Waals surface area contributed by atoms with Crippen LogP contribution in [0.1, 0.15) is 52.5 Å². The third kappa shape index (κ3) is 4.86. The molecule has 3 heterocycles. The second-order valence-electron chi connectivity index (χ2n) is 12.2. The van der Waals surface area contributed by atoms with Crippen molar-refractivity contribution in [2.24, 2.45) is 29.1 Å². The number of carbonyl (C=O) groups excluding carboxylic acids is 4. The van der Waals surface area contributed by atoms with Gasteiger partial charge in [0, 0.05) is 41.4 Å². The van der Waals surface area contributed by atoms with E-state index >= 15 is 0 Å². The number of fused-ring (bicyclic) bond motifs is 3. The van der Waals surface area contributed by atoms with Crippen LogP contribution >= 0.6 is 0 Å². The van der Waals surface area contributed by atoms with Gasteiger partial charge in [-0.15, -0.1) is 0 Å². The summed E-state index contributed by atoms with van der Waals surface area (Å²) in [7, 11) is 1.30. The predicted molar refractivity (Wildman–Crippen MR) is 155 cm³/mol. The molecule has 3 aliphatic rings. The molecule has 1 aromatic heterocycles. The molecule has 2 saturated heterocycles. The van der Waals surface area contributed by atoms with E-state index in [2.05, 4.69) is 30.2 Å². The van der Waals surface area contributed by atoms with Crippen molar-refractivity contribution in [3.8, 4) is 0 Å². The van der Waals surface area contributed by atoms with E-state index in [0.29, 0.717) is 18.4 Å². The van der Waals surface area contributed by atoms with Crippen molar-refractivity contribution in [2.75, 3.05) is 7.11 Å². The molecule has 3 fully saturated rings. The van der Waals surface area contributed by atoms with E-state index in [-0.39, 0.29) is 54.4 Å². The van der Waals surface area contributed by atoms with Gasteiger partial charge in [-0.1, -0.05) is 50.3 Å². The number of benzene rings is 1. The van der Waals surface area contributed by atoms with E-state index in [1.807, 2.05) is 49.5 Å². The summed E-state index contributed by atoms with van der Waals surface area (Å²) < 4.78 is 11.2. The van der Waals surface area contributed by atoms with Gasteiger partial charge in [0.2, 0.25) is 5.91 Å². The molecule has 8 atom stereocenters. The van der Waals surface area contributed by atoms with E-state index < -0.39 is 22.9 Å². The first kappa shape index (κ1) is 29.0. The molecule has 0 spiro atoms. The third-order valence-electron chi connectivity index (χ3n) is 9.78. The molecule has 0 bridgehead atoms. The number of rotatable bonds is 11. The molecule has 1 aromatic carbocycles. The van der Waals surface area contributed by atoms with Gasteiger partial charge < -0.3 is 19.8 Å². The normalized spacial score (nSPS) is 33.2. The molecule has 1 unspecified atom stereocenters. The molecule has 1 saturated carbocycles. The van der Waals surface area contributed by atoms with Crippen molar-refractivity contribution in [3.05, 3.63) is 59.8 Å². The lowest BCUT2D eigenvalue weighted by molar-refractivity contribution is -0.151. The first-order chi connectivity index (χ1) is 19.6. The van der Waals surface area contributed by atoms with E-state index in [1.165, 1.54) is 7.11 Å². The van der Waals surface area contributed by atoms with Gasteiger partial charge in [-0.3, -0.25) is 19.2 Å². The number of aromatic nitrogens is 1. The molecule has 41 heavy (non-hydrogen) atoms. The second kappa shape index (κ2) is 11.0. The summed E-state index contributed by atoms with van der Waals surface area (Å²) in [6.45, 7) is 7.97. The van der Waals surface area contributed by atoms with Crippen LogP contribution in [0.25, 0.3) is 10.9 Å². The molecular weight excluding hydrogens is 520 g/mol. The number of methoxy groups -OCH3 is 1. The number of para-hydroxylation sites is 1. The van der Waals surface area contributed by atoms with Gasteiger partial charge in [0.1, 0.15) is 17.5 Å². The largest absolute Gasteiger partial charge is 0.469 e. The summed E-state index contributed by atoms with van der Waals surface area (Å²) in [4.78, 5) is 54.9. The Kier molecular flexibility index (Phi) is 7.81. The number of hydrogen-bond acceptors (Lipinski definition) is 6. The highest BCUT2D eigenvalue weighted by Gasteiger charge is 2.78. The lowest BCUT2D eigenvalue weighted by Crippen LogP contribution is -2.58. The summed E-state index contributed by atoms with van der Waals surface area (Å²) in [5.74, 6) is -1.78. The zero-order valence-electron chi connectivity index (χ0n) is 24.4. The van der Waals surface area contributed by atoms with E-state index in [4.69, 9.17) is 9.47 Å². The third-order valence-corrected chi connectivity index (χ3v) is 9.78. The number of ether oxygens (including phenoxy) is 2. The monoisotopic (exact) mass is 560 g/mol. The molecule has 218 valence electrons. The van der Waals surface area contributed by atoms with Crippen LogP contribution in [0.4, 0.5) is 0 Å². The zero-order chi connectivity index (χ0) is 29.5. The summed E-state index contributed by atoms with van der Waals surface area (Å²) >= 11 is 0. The van der Waals surface area contributed by atoms with Gasteiger partial charge in [0.25, 0.3) is 0 Å². The van der Waals surface area contributed by atoms with Crippen molar-refractivity contribution in [3.63, 3.8) is 0 Å². The van der Waals surface area contributed by atoms with Crippen molar-refractivity contribution >= 4 is 34.8 Å².